The van der Waals surface area contributed by atoms with Crippen molar-refractivity contribution in [3.05, 3.63) is 45.9 Å². The van der Waals surface area contributed by atoms with E-state index in [0.29, 0.717) is 11.8 Å². The van der Waals surface area contributed by atoms with E-state index in [0.717, 1.165) is 42.6 Å². The highest BCUT2D eigenvalue weighted by molar-refractivity contribution is 7.09. The molecule has 150 valence electrons. The van der Waals surface area contributed by atoms with Crippen LogP contribution in [0.2, 0.25) is 0 Å². The minimum Gasteiger partial charge on any atom is -0.497 e. The topological polar surface area (TPSA) is 48.9 Å². The van der Waals surface area contributed by atoms with Gasteiger partial charge in [-0.15, -0.1) is 11.3 Å². The van der Waals surface area contributed by atoms with Crippen LogP contribution in [0, 0.1) is 18.8 Å². The largest absolute Gasteiger partial charge is 0.497 e. The Bertz CT molecular complexity index is 835. The van der Waals surface area contributed by atoms with E-state index in [1.807, 2.05) is 26.2 Å². The summed E-state index contributed by atoms with van der Waals surface area (Å²) in [5.41, 5.74) is 2.35. The van der Waals surface area contributed by atoms with E-state index < -0.39 is 0 Å². The minimum atomic E-state index is 0.0943. The zero-order valence-electron chi connectivity index (χ0n) is 17.0. The maximum atomic E-state index is 12.9. The van der Waals surface area contributed by atoms with Crippen LogP contribution in [-0.2, 0) is 6.54 Å². The number of fused-ring (bicyclic) bond motifs is 1. The van der Waals surface area contributed by atoms with Gasteiger partial charge in [0.1, 0.15) is 5.75 Å². The summed E-state index contributed by atoms with van der Waals surface area (Å²) >= 11 is 1.71. The van der Waals surface area contributed by atoms with Gasteiger partial charge >= 0.3 is 6.03 Å². The summed E-state index contributed by atoms with van der Waals surface area (Å²) in [5, 5.41) is 3.28. The maximum Gasteiger partial charge on any atom is 0.320 e. The van der Waals surface area contributed by atoms with E-state index in [4.69, 9.17) is 4.74 Å². The fourth-order valence-corrected chi connectivity index (χ4v) is 5.26. The van der Waals surface area contributed by atoms with Crippen molar-refractivity contribution in [3.8, 4) is 5.75 Å². The van der Waals surface area contributed by atoms with Gasteiger partial charge in [0.15, 0.2) is 0 Å². The number of amides is 2. The van der Waals surface area contributed by atoms with Gasteiger partial charge in [0.25, 0.3) is 0 Å². The number of likely N-dealkylation sites (tertiary alicyclic amines) is 2. The Labute approximate surface area is 170 Å². The number of aryl methyl sites for hydroxylation is 1. The van der Waals surface area contributed by atoms with Crippen molar-refractivity contribution in [3.63, 3.8) is 0 Å². The van der Waals surface area contributed by atoms with E-state index in [9.17, 15) is 4.79 Å². The van der Waals surface area contributed by atoms with Gasteiger partial charge in [-0.05, 0) is 30.5 Å². The second-order valence-corrected chi connectivity index (χ2v) is 9.09. The monoisotopic (exact) mass is 400 g/mol. The molecule has 0 aliphatic carbocycles. The van der Waals surface area contributed by atoms with Gasteiger partial charge in [-0.1, -0.05) is 12.1 Å². The number of carbonyl (C=O) groups is 1. The molecule has 3 heterocycles. The molecular weight excluding hydrogens is 372 g/mol. The lowest BCUT2D eigenvalue weighted by molar-refractivity contribution is 0.151. The summed E-state index contributed by atoms with van der Waals surface area (Å²) < 4.78 is 5.31. The molecule has 1 aromatic carbocycles. The molecule has 2 aliphatic heterocycles. The lowest BCUT2D eigenvalue weighted by atomic mass is 9.89. The van der Waals surface area contributed by atoms with Crippen LogP contribution in [-0.4, -0.2) is 66.6 Å². The molecule has 2 saturated heterocycles. The minimum absolute atomic E-state index is 0.0943. The van der Waals surface area contributed by atoms with Crippen LogP contribution >= 0.6 is 11.3 Å². The number of rotatable bonds is 4. The number of methoxy groups -OCH3 is 1. The Balaban J connectivity index is 1.56. The summed E-state index contributed by atoms with van der Waals surface area (Å²) in [6.07, 6.45) is 0. The van der Waals surface area contributed by atoms with E-state index >= 15 is 0 Å². The van der Waals surface area contributed by atoms with E-state index in [1.54, 1.807) is 23.3 Å². The zero-order valence-corrected chi connectivity index (χ0v) is 17.8. The smallest absolute Gasteiger partial charge is 0.320 e. The molecule has 0 bridgehead atoms. The third kappa shape index (κ3) is 3.61. The first kappa shape index (κ1) is 19.2. The molecule has 4 rings (SSSR count). The van der Waals surface area contributed by atoms with Crippen LogP contribution in [0.15, 0.2) is 29.6 Å². The van der Waals surface area contributed by atoms with Crippen LogP contribution in [0.1, 0.15) is 22.3 Å². The number of ether oxygens (including phenoxy) is 1. The van der Waals surface area contributed by atoms with Crippen molar-refractivity contribution < 1.29 is 9.53 Å². The predicted molar refractivity (Wildman–Crippen MR) is 111 cm³/mol. The third-order valence-electron chi connectivity index (χ3n) is 5.88. The molecule has 2 fully saturated rings. The molecule has 2 aromatic rings. The molecule has 7 heteroatoms. The second kappa shape index (κ2) is 7.72. The number of aromatic nitrogens is 1. The Morgan fingerprint density at radius 2 is 2.00 bits per heavy atom. The first-order valence-corrected chi connectivity index (χ1v) is 10.6. The third-order valence-corrected chi connectivity index (χ3v) is 6.70. The number of urea groups is 1. The second-order valence-electron chi connectivity index (χ2n) is 8.02. The number of hydrogen-bond donors (Lipinski definition) is 0. The van der Waals surface area contributed by atoms with Crippen molar-refractivity contribution in [2.24, 2.45) is 11.8 Å². The molecule has 2 aliphatic rings. The molecule has 6 nitrogen and oxygen atoms in total. The SMILES string of the molecule is COc1ccc([C@H]2[C@@H]3CN(Cc4csc(C)n4)C[C@@H]3CN2C(=O)N(C)C)cc1. The van der Waals surface area contributed by atoms with E-state index in [1.165, 1.54) is 5.56 Å². The lowest BCUT2D eigenvalue weighted by Gasteiger charge is -2.31. The normalized spacial score (nSPS) is 24.4. The van der Waals surface area contributed by atoms with Gasteiger partial charge in [-0.25, -0.2) is 9.78 Å². The van der Waals surface area contributed by atoms with E-state index in [2.05, 4.69) is 39.2 Å². The lowest BCUT2D eigenvalue weighted by Crippen LogP contribution is -2.41. The number of benzene rings is 1. The Kier molecular flexibility index (Phi) is 5.29. The first-order valence-electron chi connectivity index (χ1n) is 9.71. The van der Waals surface area contributed by atoms with Gasteiger partial charge in [0.05, 0.1) is 23.9 Å². The van der Waals surface area contributed by atoms with Crippen LogP contribution in [0.3, 0.4) is 0 Å². The Hall–Kier alpha value is -2.12. The van der Waals surface area contributed by atoms with Crippen molar-refractivity contribution >= 4 is 17.4 Å². The highest BCUT2D eigenvalue weighted by Crippen LogP contribution is 2.45. The number of nitrogens with zero attached hydrogens (tertiary/aromatic N) is 4. The predicted octanol–water partition coefficient (Wildman–Crippen LogP) is 3.25. The fourth-order valence-electron chi connectivity index (χ4n) is 4.66. The molecular formula is C21H28N4O2S. The Morgan fingerprint density at radius 3 is 2.61 bits per heavy atom. The zero-order chi connectivity index (χ0) is 19.8. The van der Waals surface area contributed by atoms with Crippen LogP contribution in [0.5, 0.6) is 5.75 Å². The average molecular weight is 401 g/mol. The highest BCUT2D eigenvalue weighted by atomic mass is 32.1. The fraction of sp³-hybridized carbons (Fsp3) is 0.524. The molecule has 0 spiro atoms. The van der Waals surface area contributed by atoms with Crippen LogP contribution in [0.25, 0.3) is 0 Å². The average Bonchev–Trinajstić information content (AvgIpc) is 3.35. The molecule has 0 N–H and O–H groups in total. The van der Waals surface area contributed by atoms with Gasteiger partial charge < -0.3 is 14.5 Å². The molecule has 2 amide bonds. The molecule has 28 heavy (non-hydrogen) atoms. The first-order chi connectivity index (χ1) is 13.5. The van der Waals surface area contributed by atoms with Gasteiger partial charge in [0, 0.05) is 51.6 Å². The summed E-state index contributed by atoms with van der Waals surface area (Å²) in [6, 6.07) is 8.39. The van der Waals surface area contributed by atoms with Crippen molar-refractivity contribution in [2.75, 3.05) is 40.8 Å². The van der Waals surface area contributed by atoms with Crippen LogP contribution in [0.4, 0.5) is 4.79 Å². The van der Waals surface area contributed by atoms with Crippen molar-refractivity contribution in [1.29, 1.82) is 0 Å². The maximum absolute atomic E-state index is 12.9. The summed E-state index contributed by atoms with van der Waals surface area (Å²) in [5.74, 6) is 1.78. The molecule has 0 unspecified atom stereocenters. The van der Waals surface area contributed by atoms with Crippen molar-refractivity contribution in [1.82, 2.24) is 19.7 Å². The molecule has 0 saturated carbocycles. The van der Waals surface area contributed by atoms with Crippen molar-refractivity contribution in [2.45, 2.75) is 19.5 Å². The van der Waals surface area contributed by atoms with Gasteiger partial charge in [-0.3, -0.25) is 4.90 Å². The molecule has 3 atom stereocenters. The molecule has 0 radical (unpaired) electrons. The standard InChI is InChI=1S/C21H28N4O2S/c1-14-22-17(13-28-14)11-24-9-16-10-25(21(26)23(2)3)20(19(16)12-24)15-5-7-18(27-4)8-6-15/h5-8,13,16,19-20H,9-12H2,1-4H3/t16-,19-,20+/m1/s1. The molecule has 1 aromatic heterocycles. The quantitative estimate of drug-likeness (QED) is 0.791. The Morgan fingerprint density at radius 1 is 1.25 bits per heavy atom. The number of hydrogen-bond acceptors (Lipinski definition) is 5. The summed E-state index contributed by atoms with van der Waals surface area (Å²) in [7, 11) is 5.34. The summed E-state index contributed by atoms with van der Waals surface area (Å²) in [4.78, 5) is 23.7. The number of thiazole rings is 1. The number of carbonyl (C=O) groups excluding carboxylic acids is 1. The van der Waals surface area contributed by atoms with Crippen LogP contribution < -0.4 is 4.74 Å². The highest BCUT2D eigenvalue weighted by Gasteiger charge is 2.49. The summed E-state index contributed by atoms with van der Waals surface area (Å²) in [6.45, 7) is 5.77. The van der Waals surface area contributed by atoms with Gasteiger partial charge in [0.2, 0.25) is 0 Å². The van der Waals surface area contributed by atoms with Gasteiger partial charge in [-0.2, -0.15) is 0 Å². The van der Waals surface area contributed by atoms with E-state index in [-0.39, 0.29) is 12.1 Å².